The number of thiazole rings is 1. The van der Waals surface area contributed by atoms with Gasteiger partial charge >= 0.3 is 0 Å². The highest BCUT2D eigenvalue weighted by Crippen LogP contribution is 2.32. The van der Waals surface area contributed by atoms with Gasteiger partial charge in [0.25, 0.3) is 5.01 Å². The van der Waals surface area contributed by atoms with Crippen LogP contribution in [0.3, 0.4) is 0 Å². The minimum atomic E-state index is 0.985. The van der Waals surface area contributed by atoms with Gasteiger partial charge in [0.15, 0.2) is 6.54 Å². The molecule has 2 heterocycles. The van der Waals surface area contributed by atoms with E-state index >= 15 is 0 Å². The zero-order valence-corrected chi connectivity index (χ0v) is 21.9. The Labute approximate surface area is 209 Å². The van der Waals surface area contributed by atoms with Crippen molar-refractivity contribution in [2.75, 3.05) is 18.8 Å². The first-order valence-electron chi connectivity index (χ1n) is 13.5. The summed E-state index contributed by atoms with van der Waals surface area (Å²) in [7, 11) is 0. The number of aromatic nitrogens is 1. The lowest BCUT2D eigenvalue weighted by molar-refractivity contribution is -0.669. The maximum Gasteiger partial charge on any atom is 0.262 e. The molecule has 0 N–H and O–H groups in total. The molecule has 0 amide bonds. The normalized spacial score (nSPS) is 21.6. The molecular formula is C29H41N2S2+. The van der Waals surface area contributed by atoms with Gasteiger partial charge in [-0.25, -0.2) is 0 Å². The second-order valence-electron chi connectivity index (χ2n) is 10.3. The summed E-state index contributed by atoms with van der Waals surface area (Å²) in [5.41, 5.74) is 1.41. The number of hydrogen-bond donors (Lipinski definition) is 0. The second-order valence-corrected chi connectivity index (χ2v) is 12.5. The van der Waals surface area contributed by atoms with Crippen LogP contribution in [-0.4, -0.2) is 23.7 Å². The van der Waals surface area contributed by atoms with Crippen LogP contribution >= 0.6 is 23.1 Å². The van der Waals surface area contributed by atoms with Crippen molar-refractivity contribution in [1.29, 1.82) is 0 Å². The molecule has 2 saturated carbocycles. The van der Waals surface area contributed by atoms with Crippen LogP contribution in [0.15, 0.2) is 41.4 Å². The summed E-state index contributed by atoms with van der Waals surface area (Å²) < 4.78 is 3.98. The Kier molecular flexibility index (Phi) is 8.49. The predicted octanol–water partition coefficient (Wildman–Crippen LogP) is 8.03. The number of benzene rings is 1. The Morgan fingerprint density at radius 3 is 2.52 bits per heavy atom. The molecule has 1 aromatic carbocycles. The highest BCUT2D eigenvalue weighted by Gasteiger charge is 2.21. The van der Waals surface area contributed by atoms with E-state index in [0.29, 0.717) is 0 Å². The fourth-order valence-corrected chi connectivity index (χ4v) is 8.26. The summed E-state index contributed by atoms with van der Waals surface area (Å²) in [5, 5.41) is 2.88. The van der Waals surface area contributed by atoms with E-state index in [0.717, 1.165) is 18.4 Å². The maximum atomic E-state index is 2.63. The van der Waals surface area contributed by atoms with E-state index in [9.17, 15) is 0 Å². The van der Waals surface area contributed by atoms with Crippen molar-refractivity contribution in [3.63, 3.8) is 0 Å². The van der Waals surface area contributed by atoms with Crippen LogP contribution in [0.25, 0.3) is 16.3 Å². The van der Waals surface area contributed by atoms with E-state index in [4.69, 9.17) is 0 Å². The smallest absolute Gasteiger partial charge is 0.262 e. The molecule has 33 heavy (non-hydrogen) atoms. The van der Waals surface area contributed by atoms with Crippen molar-refractivity contribution in [2.24, 2.45) is 11.8 Å². The lowest BCUT2D eigenvalue weighted by Gasteiger charge is -2.20. The largest absolute Gasteiger partial charge is 0.366 e. The fourth-order valence-electron chi connectivity index (χ4n) is 6.10. The van der Waals surface area contributed by atoms with Gasteiger partial charge in [-0.15, -0.1) is 11.8 Å². The van der Waals surface area contributed by atoms with Gasteiger partial charge in [-0.2, -0.15) is 4.57 Å². The topological polar surface area (TPSA) is 7.12 Å². The van der Waals surface area contributed by atoms with Gasteiger partial charge in [0.05, 0.1) is 5.03 Å². The number of aryl methyl sites for hydroxylation is 1. The molecule has 2 aliphatic carbocycles. The monoisotopic (exact) mass is 481 g/mol. The molecule has 1 aromatic heterocycles. The second kappa shape index (κ2) is 11.9. The van der Waals surface area contributed by atoms with Gasteiger partial charge in [-0.05, 0) is 36.8 Å². The Balaban J connectivity index is 1.22. The first-order valence-corrected chi connectivity index (χ1v) is 15.3. The Morgan fingerprint density at radius 2 is 1.70 bits per heavy atom. The quantitative estimate of drug-likeness (QED) is 0.250. The van der Waals surface area contributed by atoms with Crippen molar-refractivity contribution < 1.29 is 4.57 Å². The third kappa shape index (κ3) is 6.25. The molecule has 0 radical (unpaired) electrons. The molecule has 1 aliphatic heterocycles. The third-order valence-corrected chi connectivity index (χ3v) is 10.2. The average Bonchev–Trinajstić information content (AvgIpc) is 3.64. The molecule has 3 fully saturated rings. The Morgan fingerprint density at radius 1 is 0.939 bits per heavy atom. The third-order valence-electron chi connectivity index (χ3n) is 8.04. The fraction of sp³-hybridized carbons (Fsp3) is 0.621. The molecule has 0 bridgehead atoms. The Hall–Kier alpha value is -1.26. The molecule has 2 nitrogen and oxygen atoms in total. The van der Waals surface area contributed by atoms with E-state index in [-0.39, 0.29) is 0 Å². The lowest BCUT2D eigenvalue weighted by Crippen LogP contribution is -2.35. The van der Waals surface area contributed by atoms with E-state index in [1.807, 2.05) is 23.1 Å². The Bertz CT molecular complexity index is 948. The van der Waals surface area contributed by atoms with Crippen LogP contribution in [0.2, 0.25) is 0 Å². The average molecular weight is 482 g/mol. The molecule has 2 aromatic rings. The molecule has 4 heteroatoms. The summed E-state index contributed by atoms with van der Waals surface area (Å²) in [6, 6.07) is 8.95. The SMILES string of the molecule is C(/C=C/c1sc2ccccc2[n+]1CCCCC1CCCC1)=C1/SCCN1CCC1CCCC1. The molecule has 1 saturated heterocycles. The first kappa shape index (κ1) is 23.5. The number of para-hydroxylation sites is 1. The van der Waals surface area contributed by atoms with Crippen LogP contribution in [0.1, 0.15) is 82.1 Å². The van der Waals surface area contributed by atoms with Crippen molar-refractivity contribution in [2.45, 2.75) is 83.6 Å². The van der Waals surface area contributed by atoms with E-state index in [1.54, 1.807) is 0 Å². The van der Waals surface area contributed by atoms with Crippen LogP contribution in [-0.2, 0) is 6.54 Å². The van der Waals surface area contributed by atoms with Crippen LogP contribution in [0, 0.1) is 11.8 Å². The van der Waals surface area contributed by atoms with Gasteiger partial charge in [0, 0.05) is 37.4 Å². The minimum absolute atomic E-state index is 0.985. The van der Waals surface area contributed by atoms with E-state index in [1.165, 1.54) is 116 Å². The van der Waals surface area contributed by atoms with E-state index in [2.05, 4.69) is 52.0 Å². The van der Waals surface area contributed by atoms with E-state index < -0.39 is 0 Å². The summed E-state index contributed by atoms with van der Waals surface area (Å²) in [6.07, 6.45) is 24.3. The van der Waals surface area contributed by atoms with Gasteiger partial charge < -0.3 is 4.90 Å². The summed E-state index contributed by atoms with van der Waals surface area (Å²) in [5.74, 6) is 3.24. The molecular weight excluding hydrogens is 440 g/mol. The number of allylic oxidation sites excluding steroid dienone is 2. The minimum Gasteiger partial charge on any atom is -0.366 e. The zero-order valence-electron chi connectivity index (χ0n) is 20.2. The van der Waals surface area contributed by atoms with Gasteiger partial charge in [-0.1, -0.05) is 87.3 Å². The van der Waals surface area contributed by atoms with Gasteiger partial charge in [0.1, 0.15) is 4.70 Å². The van der Waals surface area contributed by atoms with Crippen molar-refractivity contribution in [3.8, 4) is 0 Å². The van der Waals surface area contributed by atoms with Gasteiger partial charge in [0.2, 0.25) is 5.52 Å². The number of nitrogens with zero attached hydrogens (tertiary/aromatic N) is 2. The van der Waals surface area contributed by atoms with Crippen molar-refractivity contribution in [1.82, 2.24) is 4.90 Å². The summed E-state index contributed by atoms with van der Waals surface area (Å²) in [4.78, 5) is 2.63. The lowest BCUT2D eigenvalue weighted by atomic mass is 10.0. The summed E-state index contributed by atoms with van der Waals surface area (Å²) >= 11 is 3.98. The molecule has 0 unspecified atom stereocenters. The van der Waals surface area contributed by atoms with Crippen LogP contribution in [0.4, 0.5) is 0 Å². The number of unbranched alkanes of at least 4 members (excludes halogenated alkanes) is 1. The van der Waals surface area contributed by atoms with Gasteiger partial charge in [-0.3, -0.25) is 0 Å². The highest BCUT2D eigenvalue weighted by atomic mass is 32.2. The highest BCUT2D eigenvalue weighted by molar-refractivity contribution is 8.03. The van der Waals surface area contributed by atoms with Crippen molar-refractivity contribution >= 4 is 39.4 Å². The van der Waals surface area contributed by atoms with Crippen LogP contribution < -0.4 is 4.57 Å². The maximum absolute atomic E-state index is 2.63. The first-order chi connectivity index (χ1) is 16.4. The molecule has 0 spiro atoms. The number of fused-ring (bicyclic) bond motifs is 1. The predicted molar refractivity (Wildman–Crippen MR) is 146 cm³/mol. The molecule has 3 aliphatic rings. The number of rotatable bonds is 10. The number of hydrogen-bond acceptors (Lipinski definition) is 3. The van der Waals surface area contributed by atoms with Crippen molar-refractivity contribution in [3.05, 3.63) is 46.5 Å². The zero-order chi connectivity index (χ0) is 22.3. The molecule has 5 rings (SSSR count). The molecule has 0 atom stereocenters. The van der Waals surface area contributed by atoms with Crippen LogP contribution in [0.5, 0.6) is 0 Å². The number of thioether (sulfide) groups is 1. The summed E-state index contributed by atoms with van der Waals surface area (Å²) in [6.45, 7) is 3.62. The molecule has 178 valence electrons. The standard InChI is InChI=1S/C29H41N2S2/c1-2-11-24(10-1)14-7-8-20-31-26-15-5-6-16-27(26)33-29(31)18-9-17-28-30(22-23-32-28)21-19-25-12-3-4-13-25/h5-6,9,15-18,24-25H,1-4,7-8,10-14,19-23H2/q+1.